The molecule has 0 fully saturated rings. The van der Waals surface area contributed by atoms with Crippen molar-refractivity contribution >= 4 is 35.1 Å². The van der Waals surface area contributed by atoms with Crippen LogP contribution in [0.4, 0.5) is 5.69 Å². The summed E-state index contributed by atoms with van der Waals surface area (Å²) < 4.78 is 0. The van der Waals surface area contributed by atoms with Gasteiger partial charge in [-0.3, -0.25) is 9.59 Å². The topological polar surface area (TPSA) is 66.4 Å². The number of halogens is 1. The van der Waals surface area contributed by atoms with Gasteiger partial charge < -0.3 is 10.4 Å². The second-order valence-corrected chi connectivity index (χ2v) is 5.08. The number of nitrogens with one attached hydrogen (secondary N) is 1. The van der Waals surface area contributed by atoms with E-state index in [4.69, 9.17) is 11.6 Å². The van der Waals surface area contributed by atoms with E-state index in [0.717, 1.165) is 0 Å². The summed E-state index contributed by atoms with van der Waals surface area (Å²) in [6.07, 6.45) is 3.02. The zero-order valence-electron chi connectivity index (χ0n) is 11.8. The molecule has 22 heavy (non-hydrogen) atoms. The van der Waals surface area contributed by atoms with Gasteiger partial charge in [-0.1, -0.05) is 35.9 Å². The molecule has 2 rings (SSSR count). The normalized spacial score (nSPS) is 10.6. The van der Waals surface area contributed by atoms with Crippen molar-refractivity contribution in [2.24, 2.45) is 0 Å². The molecule has 2 aromatic carbocycles. The summed E-state index contributed by atoms with van der Waals surface area (Å²) in [5, 5.41) is 12.2. The molecule has 0 aliphatic carbocycles. The summed E-state index contributed by atoms with van der Waals surface area (Å²) in [4.78, 5) is 23.1. The Morgan fingerprint density at radius 1 is 1.18 bits per heavy atom. The van der Waals surface area contributed by atoms with E-state index in [0.29, 0.717) is 16.8 Å². The van der Waals surface area contributed by atoms with Gasteiger partial charge in [-0.15, -0.1) is 0 Å². The number of anilines is 1. The summed E-state index contributed by atoms with van der Waals surface area (Å²) >= 11 is 5.81. The van der Waals surface area contributed by atoms with E-state index in [2.05, 4.69) is 5.32 Å². The first-order valence-corrected chi connectivity index (χ1v) is 6.92. The lowest BCUT2D eigenvalue weighted by molar-refractivity contribution is -0.114. The van der Waals surface area contributed by atoms with Gasteiger partial charge in [0.2, 0.25) is 5.91 Å². The van der Waals surface area contributed by atoms with E-state index < -0.39 is 0 Å². The molecule has 0 heterocycles. The van der Waals surface area contributed by atoms with Crippen LogP contribution in [0.5, 0.6) is 5.75 Å². The number of phenolic OH excluding ortho intramolecular Hbond substituents is 1. The van der Waals surface area contributed by atoms with Gasteiger partial charge in [0, 0.05) is 18.2 Å². The van der Waals surface area contributed by atoms with Crippen molar-refractivity contribution in [3.05, 3.63) is 64.7 Å². The molecule has 4 nitrogen and oxygen atoms in total. The highest BCUT2D eigenvalue weighted by molar-refractivity contribution is 6.32. The molecule has 0 bridgehead atoms. The number of carbonyl (C=O) groups excluding carboxylic acids is 2. The van der Waals surface area contributed by atoms with E-state index in [1.807, 2.05) is 0 Å². The van der Waals surface area contributed by atoms with E-state index in [1.165, 1.54) is 19.1 Å². The average molecular weight is 316 g/mol. The first-order chi connectivity index (χ1) is 10.5. The molecule has 0 saturated carbocycles. The van der Waals surface area contributed by atoms with Crippen LogP contribution in [0.1, 0.15) is 22.8 Å². The number of rotatable bonds is 4. The molecule has 0 radical (unpaired) electrons. The largest absolute Gasteiger partial charge is 0.506 e. The predicted octanol–water partition coefficient (Wildman–Crippen LogP) is 3.90. The quantitative estimate of drug-likeness (QED) is 0.664. The smallest absolute Gasteiger partial charge is 0.221 e. The van der Waals surface area contributed by atoms with Crippen LogP contribution in [-0.2, 0) is 4.79 Å². The van der Waals surface area contributed by atoms with Gasteiger partial charge in [0.15, 0.2) is 5.78 Å². The van der Waals surface area contributed by atoms with Crippen molar-refractivity contribution in [2.75, 3.05) is 5.32 Å². The molecule has 112 valence electrons. The SMILES string of the molecule is CC(=O)Nc1cccc(C(=O)/C=C/c2ccc(O)c(Cl)c2)c1. The van der Waals surface area contributed by atoms with Gasteiger partial charge >= 0.3 is 0 Å². The number of phenols is 1. The van der Waals surface area contributed by atoms with Crippen LogP contribution < -0.4 is 5.32 Å². The van der Waals surface area contributed by atoms with E-state index in [-0.39, 0.29) is 22.5 Å². The predicted molar refractivity (Wildman–Crippen MR) is 87.2 cm³/mol. The highest BCUT2D eigenvalue weighted by Gasteiger charge is 2.04. The molecule has 0 aromatic heterocycles. The van der Waals surface area contributed by atoms with Gasteiger partial charge in [-0.25, -0.2) is 0 Å². The Morgan fingerprint density at radius 3 is 2.64 bits per heavy atom. The molecule has 0 aliphatic rings. The summed E-state index contributed by atoms with van der Waals surface area (Å²) in [5.74, 6) is -0.400. The first kappa shape index (κ1) is 15.8. The lowest BCUT2D eigenvalue weighted by atomic mass is 10.1. The van der Waals surface area contributed by atoms with E-state index in [9.17, 15) is 14.7 Å². The van der Waals surface area contributed by atoms with Gasteiger partial charge in [-0.05, 0) is 35.9 Å². The number of ketones is 1. The fourth-order valence-corrected chi connectivity index (χ4v) is 2.04. The molecule has 0 unspecified atom stereocenters. The minimum absolute atomic E-state index is 0.00634. The number of aromatic hydroxyl groups is 1. The monoisotopic (exact) mass is 315 g/mol. The molecular formula is C17H14ClNO3. The molecular weight excluding hydrogens is 302 g/mol. The van der Waals surface area contributed by atoms with Crippen molar-refractivity contribution < 1.29 is 14.7 Å². The summed E-state index contributed by atoms with van der Waals surface area (Å²) in [6, 6.07) is 11.4. The molecule has 2 N–H and O–H groups in total. The number of benzene rings is 2. The number of hydrogen-bond donors (Lipinski definition) is 2. The van der Waals surface area contributed by atoms with Gasteiger partial charge in [0.1, 0.15) is 5.75 Å². The standard InChI is InChI=1S/C17H14ClNO3/c1-11(20)19-14-4-2-3-13(10-14)16(21)7-5-12-6-8-17(22)15(18)9-12/h2-10,22H,1H3,(H,19,20)/b7-5+. The Hall–Kier alpha value is -2.59. The van der Waals surface area contributed by atoms with Gasteiger partial charge in [0.25, 0.3) is 0 Å². The van der Waals surface area contributed by atoms with Crippen molar-refractivity contribution in [1.82, 2.24) is 0 Å². The Kier molecular flexibility index (Phi) is 4.96. The maximum atomic E-state index is 12.1. The summed E-state index contributed by atoms with van der Waals surface area (Å²) in [7, 11) is 0. The molecule has 0 aliphatic heterocycles. The number of hydrogen-bond acceptors (Lipinski definition) is 3. The van der Waals surface area contributed by atoms with Gasteiger partial charge in [0.05, 0.1) is 5.02 Å². The minimum atomic E-state index is -0.198. The highest BCUT2D eigenvalue weighted by Crippen LogP contribution is 2.24. The Morgan fingerprint density at radius 2 is 1.95 bits per heavy atom. The van der Waals surface area contributed by atoms with Crippen LogP contribution in [0, 0.1) is 0 Å². The van der Waals surface area contributed by atoms with Crippen LogP contribution in [0.2, 0.25) is 5.02 Å². The average Bonchev–Trinajstić information content (AvgIpc) is 2.48. The summed E-state index contributed by atoms with van der Waals surface area (Å²) in [5.41, 5.74) is 1.74. The second kappa shape index (κ2) is 6.91. The third-order valence-corrected chi connectivity index (χ3v) is 3.17. The number of allylic oxidation sites excluding steroid dienone is 1. The zero-order chi connectivity index (χ0) is 16.1. The molecule has 1 amide bonds. The Labute approximate surface area is 133 Å². The Bertz CT molecular complexity index is 753. The maximum Gasteiger partial charge on any atom is 0.221 e. The summed E-state index contributed by atoms with van der Waals surface area (Å²) in [6.45, 7) is 1.41. The first-order valence-electron chi connectivity index (χ1n) is 6.54. The van der Waals surface area contributed by atoms with Crippen LogP contribution in [0.3, 0.4) is 0 Å². The van der Waals surface area contributed by atoms with Crippen LogP contribution in [-0.4, -0.2) is 16.8 Å². The Balaban J connectivity index is 2.16. The van der Waals surface area contributed by atoms with E-state index >= 15 is 0 Å². The minimum Gasteiger partial charge on any atom is -0.506 e. The number of amides is 1. The molecule has 0 atom stereocenters. The van der Waals surface area contributed by atoms with Crippen LogP contribution in [0.25, 0.3) is 6.08 Å². The van der Waals surface area contributed by atoms with E-state index in [1.54, 1.807) is 42.5 Å². The number of carbonyl (C=O) groups is 2. The molecule has 2 aromatic rings. The van der Waals surface area contributed by atoms with Crippen molar-refractivity contribution in [3.8, 4) is 5.75 Å². The lowest BCUT2D eigenvalue weighted by Gasteiger charge is -2.03. The molecule has 0 spiro atoms. The molecule has 0 saturated heterocycles. The maximum absolute atomic E-state index is 12.1. The van der Waals surface area contributed by atoms with Crippen LogP contribution in [0.15, 0.2) is 48.5 Å². The van der Waals surface area contributed by atoms with Crippen molar-refractivity contribution in [2.45, 2.75) is 6.92 Å². The lowest BCUT2D eigenvalue weighted by Crippen LogP contribution is -2.06. The third-order valence-electron chi connectivity index (χ3n) is 2.87. The second-order valence-electron chi connectivity index (χ2n) is 4.67. The zero-order valence-corrected chi connectivity index (χ0v) is 12.6. The van der Waals surface area contributed by atoms with Crippen LogP contribution >= 0.6 is 11.6 Å². The highest BCUT2D eigenvalue weighted by atomic mass is 35.5. The van der Waals surface area contributed by atoms with Gasteiger partial charge in [-0.2, -0.15) is 0 Å². The van der Waals surface area contributed by atoms with Crippen molar-refractivity contribution in [3.63, 3.8) is 0 Å². The fourth-order valence-electron chi connectivity index (χ4n) is 1.85. The molecule has 5 heteroatoms. The van der Waals surface area contributed by atoms with Crippen molar-refractivity contribution in [1.29, 1.82) is 0 Å². The fraction of sp³-hybridized carbons (Fsp3) is 0.0588. The third kappa shape index (κ3) is 4.20.